The van der Waals surface area contributed by atoms with E-state index in [4.69, 9.17) is 0 Å². The maximum atomic E-state index is 12.2. The van der Waals surface area contributed by atoms with Crippen LogP contribution in [0.25, 0.3) is 0 Å². The van der Waals surface area contributed by atoms with Gasteiger partial charge in [0.2, 0.25) is 0 Å². The second-order valence-electron chi connectivity index (χ2n) is 2.46. The van der Waals surface area contributed by atoms with Crippen LogP contribution in [0.4, 0.5) is 26.3 Å². The Balaban J connectivity index is 3.70. The molecule has 10 heteroatoms. The van der Waals surface area contributed by atoms with E-state index in [1.165, 1.54) is 0 Å². The predicted octanol–water partition coefficient (Wildman–Crippen LogP) is 3.27. The summed E-state index contributed by atoms with van der Waals surface area (Å²) in [6, 6.07) is 0. The third-order valence-corrected chi connectivity index (χ3v) is 1.47. The lowest BCUT2D eigenvalue weighted by atomic mass is 10.6. The van der Waals surface area contributed by atoms with Crippen LogP contribution >= 0.6 is 23.2 Å². The minimum absolute atomic E-state index is 0.892. The van der Waals surface area contributed by atoms with Crippen LogP contribution < -0.4 is 0 Å². The fraction of sp³-hybridized carbons (Fsp3) is 1.00. The molecule has 0 radical (unpaired) electrons. The third kappa shape index (κ3) is 6.62. The van der Waals surface area contributed by atoms with E-state index < -0.39 is 36.7 Å². The molecule has 0 saturated heterocycles. The summed E-state index contributed by atoms with van der Waals surface area (Å²) in [4.78, 5) is 0. The molecule has 0 saturated carbocycles. The Morgan fingerprint density at radius 2 is 1.06 bits per heavy atom. The van der Waals surface area contributed by atoms with E-state index in [1.54, 1.807) is 0 Å². The molecule has 0 fully saturated rings. The van der Waals surface area contributed by atoms with E-state index in [-0.39, 0.29) is 0 Å². The Morgan fingerprint density at radius 1 is 0.812 bits per heavy atom. The van der Waals surface area contributed by atoms with E-state index in [1.807, 2.05) is 0 Å². The number of rotatable bonds is 7. The van der Waals surface area contributed by atoms with E-state index in [0.29, 0.717) is 0 Å². The van der Waals surface area contributed by atoms with Crippen molar-refractivity contribution in [3.8, 4) is 0 Å². The Morgan fingerprint density at radius 3 is 1.25 bits per heavy atom. The molecule has 98 valence electrons. The molecule has 0 aromatic carbocycles. The Kier molecular flexibility index (Phi) is 6.16. The van der Waals surface area contributed by atoms with Gasteiger partial charge in [-0.2, -0.15) is 17.6 Å². The van der Waals surface area contributed by atoms with Gasteiger partial charge in [0.05, 0.1) is 13.2 Å². The van der Waals surface area contributed by atoms with Crippen molar-refractivity contribution < 1.29 is 35.8 Å². The summed E-state index contributed by atoms with van der Waals surface area (Å²) >= 11 is 8.42. The highest BCUT2D eigenvalue weighted by Gasteiger charge is 2.40. The summed E-state index contributed by atoms with van der Waals surface area (Å²) in [6.45, 7) is -1.78. The second kappa shape index (κ2) is 6.13. The van der Waals surface area contributed by atoms with Crippen LogP contribution in [0.15, 0.2) is 0 Å². The van der Waals surface area contributed by atoms with Gasteiger partial charge in [0.1, 0.15) is 0 Å². The first-order valence-corrected chi connectivity index (χ1v) is 4.45. The van der Waals surface area contributed by atoms with Gasteiger partial charge in [-0.15, -0.1) is 0 Å². The fourth-order valence-electron chi connectivity index (χ4n) is 0.492. The predicted molar refractivity (Wildman–Crippen MR) is 43.3 cm³/mol. The summed E-state index contributed by atoms with van der Waals surface area (Å²) in [7, 11) is 0. The monoisotopic (exact) mass is 294 g/mol. The topological polar surface area (TPSA) is 18.5 Å². The molecule has 2 nitrogen and oxygen atoms in total. The molecule has 0 aliphatic heterocycles. The maximum absolute atomic E-state index is 12.2. The highest BCUT2D eigenvalue weighted by Crippen LogP contribution is 2.28. The smallest absolute Gasteiger partial charge is 0.340 e. The maximum Gasteiger partial charge on any atom is 0.376 e. The molecule has 0 rings (SSSR count). The molecular weight excluding hydrogens is 289 g/mol. The molecule has 0 spiro atoms. The summed E-state index contributed by atoms with van der Waals surface area (Å²) in [6.07, 6.45) is -6.29. The number of hydrogen-bond acceptors (Lipinski definition) is 2. The van der Waals surface area contributed by atoms with Gasteiger partial charge in [-0.05, 0) is 23.2 Å². The zero-order valence-corrected chi connectivity index (χ0v) is 8.92. The molecule has 0 amide bonds. The Hall–Kier alpha value is 0.0800. The fourth-order valence-corrected chi connectivity index (χ4v) is 0.618. The van der Waals surface area contributed by atoms with Crippen LogP contribution in [-0.4, -0.2) is 36.7 Å². The lowest BCUT2D eigenvalue weighted by molar-refractivity contribution is -0.187. The highest BCUT2D eigenvalue weighted by atomic mass is 35.5. The number of hydrogen-bond donors (Lipinski definition) is 0. The minimum atomic E-state index is -4.26. The van der Waals surface area contributed by atoms with Gasteiger partial charge in [-0.25, -0.2) is 8.78 Å². The summed E-state index contributed by atoms with van der Waals surface area (Å²) in [5.74, 6) is 0. The van der Waals surface area contributed by atoms with Crippen molar-refractivity contribution >= 4 is 23.2 Å². The average Bonchev–Trinajstić information content (AvgIpc) is 2.08. The number of ether oxygens (including phenoxy) is 2. The summed E-state index contributed by atoms with van der Waals surface area (Å²) < 4.78 is 79.6. The standard InChI is InChI=1S/C6H6Cl2F6O2/c7-5(11,12)3(9)15-1-2-16-4(10)6(8,13)14/h3-4H,1-2H2. The van der Waals surface area contributed by atoms with Crippen LogP contribution in [0.1, 0.15) is 0 Å². The number of halogens is 8. The first kappa shape index (κ1) is 16.1. The molecule has 0 heterocycles. The normalized spacial score (nSPS) is 17.2. The van der Waals surface area contributed by atoms with E-state index >= 15 is 0 Å². The Bertz CT molecular complexity index is 184. The molecule has 0 aliphatic carbocycles. The van der Waals surface area contributed by atoms with Crippen molar-refractivity contribution in [3.05, 3.63) is 0 Å². The van der Waals surface area contributed by atoms with Crippen molar-refractivity contribution in [2.24, 2.45) is 0 Å². The van der Waals surface area contributed by atoms with Gasteiger partial charge >= 0.3 is 10.8 Å². The molecule has 0 aromatic rings. The third-order valence-electron chi connectivity index (χ3n) is 1.13. The van der Waals surface area contributed by atoms with Gasteiger partial charge in [0, 0.05) is 0 Å². The van der Waals surface area contributed by atoms with Crippen molar-refractivity contribution in [1.29, 1.82) is 0 Å². The quantitative estimate of drug-likeness (QED) is 0.408. The molecular formula is C6H6Cl2F6O2. The van der Waals surface area contributed by atoms with Gasteiger partial charge in [-0.1, -0.05) is 0 Å². The molecule has 0 aromatic heterocycles. The lowest BCUT2D eigenvalue weighted by Crippen LogP contribution is -2.30. The van der Waals surface area contributed by atoms with Gasteiger partial charge < -0.3 is 9.47 Å². The van der Waals surface area contributed by atoms with Crippen molar-refractivity contribution in [1.82, 2.24) is 0 Å². The molecule has 0 N–H and O–H groups in total. The zero-order valence-electron chi connectivity index (χ0n) is 7.41. The summed E-state index contributed by atoms with van der Waals surface area (Å²) in [5.41, 5.74) is 0. The molecule has 0 aliphatic rings. The minimum Gasteiger partial charge on any atom is -0.340 e. The van der Waals surface area contributed by atoms with E-state index in [2.05, 4.69) is 32.7 Å². The van der Waals surface area contributed by atoms with Crippen LogP contribution in [0.5, 0.6) is 0 Å². The number of alkyl halides is 8. The average molecular weight is 295 g/mol. The first-order valence-electron chi connectivity index (χ1n) is 3.70. The van der Waals surface area contributed by atoms with E-state index in [0.717, 1.165) is 0 Å². The zero-order chi connectivity index (χ0) is 13.0. The van der Waals surface area contributed by atoms with Crippen molar-refractivity contribution in [2.45, 2.75) is 23.5 Å². The SMILES string of the molecule is FC(OCCOC(F)C(F)(F)Cl)C(F)(F)Cl. The highest BCUT2D eigenvalue weighted by molar-refractivity contribution is 6.22. The largest absolute Gasteiger partial charge is 0.376 e. The van der Waals surface area contributed by atoms with Crippen LogP contribution in [0.2, 0.25) is 0 Å². The Labute approximate surface area is 96.4 Å². The lowest BCUT2D eigenvalue weighted by Gasteiger charge is -2.16. The van der Waals surface area contributed by atoms with Crippen molar-refractivity contribution in [3.63, 3.8) is 0 Å². The van der Waals surface area contributed by atoms with Gasteiger partial charge in [0.25, 0.3) is 12.7 Å². The van der Waals surface area contributed by atoms with Crippen LogP contribution in [-0.2, 0) is 9.47 Å². The van der Waals surface area contributed by atoms with Crippen LogP contribution in [0.3, 0.4) is 0 Å². The van der Waals surface area contributed by atoms with Crippen LogP contribution in [0, 0.1) is 0 Å². The van der Waals surface area contributed by atoms with Gasteiger partial charge in [-0.3, -0.25) is 0 Å². The van der Waals surface area contributed by atoms with E-state index in [9.17, 15) is 26.3 Å². The van der Waals surface area contributed by atoms with Crippen molar-refractivity contribution in [2.75, 3.05) is 13.2 Å². The van der Waals surface area contributed by atoms with Gasteiger partial charge in [0.15, 0.2) is 0 Å². The molecule has 16 heavy (non-hydrogen) atoms. The summed E-state index contributed by atoms with van der Waals surface area (Å²) in [5, 5.41) is -8.52. The molecule has 2 atom stereocenters. The first-order chi connectivity index (χ1) is 7.05. The molecule has 2 unspecified atom stereocenters. The second-order valence-corrected chi connectivity index (χ2v) is 3.46. The molecule has 0 bridgehead atoms.